The average molecular weight is 1100 g/mol. The highest BCUT2D eigenvalue weighted by Gasteiger charge is 2.39. The summed E-state index contributed by atoms with van der Waals surface area (Å²) >= 11 is 0. The van der Waals surface area contributed by atoms with Gasteiger partial charge in [0.2, 0.25) is 5.58 Å². The van der Waals surface area contributed by atoms with Crippen molar-refractivity contribution in [3.05, 3.63) is 236 Å². The Morgan fingerprint density at radius 1 is 0.429 bits per heavy atom. The van der Waals surface area contributed by atoms with E-state index in [1.807, 2.05) is 113 Å². The van der Waals surface area contributed by atoms with Crippen LogP contribution in [0.25, 0.3) is 119 Å². The van der Waals surface area contributed by atoms with Crippen LogP contribution in [-0.2, 0) is 40.2 Å². The maximum Gasteiger partial charge on any atom is 0.333 e. The predicted molar refractivity (Wildman–Crippen MR) is 315 cm³/mol. The number of aromatic nitrogens is 17. The maximum atomic E-state index is 7.96. The fraction of sp³-hybridized carbons (Fsp3) is 0.0909. The van der Waals surface area contributed by atoms with Crippen LogP contribution in [0, 0.1) is 0 Å². The van der Waals surface area contributed by atoms with E-state index in [1.54, 1.807) is 6.20 Å². The molecule has 4 aliphatic rings. The normalized spacial score (nSPS) is 13.6. The molecule has 18 nitrogen and oxygen atoms in total. The third kappa shape index (κ3) is 6.54. The highest BCUT2D eigenvalue weighted by atomic mass is 16.4. The van der Waals surface area contributed by atoms with Crippen molar-refractivity contribution in [1.82, 2.24) is 61.2 Å². The number of pyridine rings is 8. The number of benzene rings is 1. The zero-order valence-corrected chi connectivity index (χ0v) is 45.0. The smallest absolute Gasteiger partial charge is 0.333 e. The van der Waals surface area contributed by atoms with Gasteiger partial charge in [-0.2, -0.15) is 18.9 Å². The van der Waals surface area contributed by atoms with Gasteiger partial charge in [-0.25, -0.2) is 60.5 Å². The van der Waals surface area contributed by atoms with Gasteiger partial charge in [0.05, 0.1) is 62.6 Å². The molecule has 0 unspecified atom stereocenters. The lowest BCUT2D eigenvalue weighted by atomic mass is 10.2. The first-order valence-electron chi connectivity index (χ1n) is 29.3. The number of oxazole rings is 1. The molecule has 17 aromatic rings. The minimum Gasteiger partial charge on any atom is -0.412 e. The molecule has 0 amide bonds. The quantitative estimate of drug-likeness (QED) is 0.150. The Hall–Kier alpha value is -11.4. The number of aryl methyl sites for hydroxylation is 2. The fourth-order valence-corrected chi connectivity index (χ4v) is 13.2. The Morgan fingerprint density at radius 3 is 1.49 bits per heavy atom. The first-order chi connectivity index (χ1) is 42.7. The molecule has 16 aromatic heterocycles. The number of nitrogens with zero attached hydrogens (tertiary/aromatic N) is 17. The third-order valence-corrected chi connectivity index (χ3v) is 16.7. The lowest BCUT2D eigenvalue weighted by Gasteiger charge is -2.02. The molecular formula is C66H49N17O+4. The summed E-state index contributed by atoms with van der Waals surface area (Å²) in [7, 11) is 2.06. The van der Waals surface area contributed by atoms with E-state index in [2.05, 4.69) is 167 Å². The highest BCUT2D eigenvalue weighted by molar-refractivity contribution is 5.85. The van der Waals surface area contributed by atoms with Gasteiger partial charge in [-0.05, 0) is 84.9 Å². The van der Waals surface area contributed by atoms with Crippen molar-refractivity contribution in [1.29, 1.82) is 0 Å². The third-order valence-electron chi connectivity index (χ3n) is 16.7. The number of para-hydroxylation sites is 1. The van der Waals surface area contributed by atoms with E-state index >= 15 is 0 Å². The minimum absolute atomic E-state index is 0.461. The number of fused-ring (bicyclic) bond motifs is 28. The molecule has 0 atom stereocenters. The van der Waals surface area contributed by atoms with Crippen molar-refractivity contribution >= 4 is 67.3 Å². The van der Waals surface area contributed by atoms with Crippen LogP contribution in [0.4, 0.5) is 0 Å². The first kappa shape index (κ1) is 43.4. The van der Waals surface area contributed by atoms with Crippen LogP contribution in [0.1, 0.15) is 26.4 Å². The van der Waals surface area contributed by atoms with E-state index in [0.29, 0.717) is 23.7 Å². The van der Waals surface area contributed by atoms with Crippen molar-refractivity contribution in [2.45, 2.75) is 26.2 Å². The lowest BCUT2D eigenvalue weighted by Crippen LogP contribution is -2.32. The number of hydrogen-bond acceptors (Lipinski definition) is 7. The Labute approximate surface area is 481 Å². The largest absolute Gasteiger partial charge is 0.412 e. The summed E-state index contributed by atoms with van der Waals surface area (Å²) < 4.78 is 53.0. The summed E-state index contributed by atoms with van der Waals surface area (Å²) in [6, 6.07) is 55.4. The van der Waals surface area contributed by atoms with Crippen LogP contribution in [-0.4, -0.2) is 61.2 Å². The Kier molecular flexibility index (Phi) is 9.07. The summed E-state index contributed by atoms with van der Waals surface area (Å²) in [6.07, 6.45) is 15.4. The van der Waals surface area contributed by atoms with E-state index in [9.17, 15) is 0 Å². The molecule has 20 heterocycles. The van der Waals surface area contributed by atoms with Crippen molar-refractivity contribution in [3.8, 4) is 51.8 Å². The summed E-state index contributed by atoms with van der Waals surface area (Å²) in [5.41, 5.74) is 21.6. The molecule has 0 fully saturated rings. The molecule has 0 saturated heterocycles. The molecule has 0 aliphatic carbocycles. The fourth-order valence-electron chi connectivity index (χ4n) is 13.2. The second-order valence-corrected chi connectivity index (χ2v) is 21.4. The van der Waals surface area contributed by atoms with Gasteiger partial charge in [-0.3, -0.25) is 0 Å². The zero-order chi connectivity index (χ0) is 57.8. The van der Waals surface area contributed by atoms with E-state index < -0.39 is 6.98 Å². The molecular weight excluding hydrogens is 1050 g/mol. The summed E-state index contributed by atoms with van der Waals surface area (Å²) in [5, 5.41) is 0. The topological polar surface area (TPSA) is 138 Å². The second kappa shape index (κ2) is 17.6. The van der Waals surface area contributed by atoms with Crippen molar-refractivity contribution < 1.29 is 26.8 Å². The number of hydrogen-bond donors (Lipinski definition) is 0. The maximum absolute atomic E-state index is 7.96. The molecule has 0 saturated carbocycles. The molecule has 4 aliphatic heterocycles. The van der Waals surface area contributed by atoms with Gasteiger partial charge in [0, 0.05) is 59.2 Å². The van der Waals surface area contributed by atoms with Crippen LogP contribution in [0.2, 0.25) is 0 Å². The van der Waals surface area contributed by atoms with Crippen molar-refractivity contribution in [2.24, 2.45) is 14.0 Å². The van der Waals surface area contributed by atoms with E-state index in [1.165, 1.54) is 37.9 Å². The highest BCUT2D eigenvalue weighted by Crippen LogP contribution is 2.36. The Bertz CT molecular complexity index is 5700. The SMILES string of the molecule is Cn1c2[n+](c3c1nc1ccccn13)Cc1cccnc1-2.[2H]C([2H])([2H])n1c2[n+](c3c1nc1ccccn13)Cc1cccnc1-2.c1ccc(-n2c3[n+](c4c2cc2ccccn24)Cc2cccnc2-3)cc1.c1cnc2c(c1)C[n+]1c-2oc2cc3ccccn3c21. The van der Waals surface area contributed by atoms with E-state index in [4.69, 9.17) is 18.5 Å². The van der Waals surface area contributed by atoms with Crippen LogP contribution < -0.4 is 18.3 Å². The lowest BCUT2D eigenvalue weighted by molar-refractivity contribution is -0.651. The molecule has 0 spiro atoms. The van der Waals surface area contributed by atoms with Gasteiger partial charge in [-0.1, -0.05) is 66.7 Å². The van der Waals surface area contributed by atoms with Crippen LogP contribution in [0.15, 0.2) is 218 Å². The van der Waals surface area contributed by atoms with Gasteiger partial charge in [0.15, 0.2) is 22.5 Å². The van der Waals surface area contributed by atoms with Crippen molar-refractivity contribution in [3.63, 3.8) is 0 Å². The van der Waals surface area contributed by atoms with Gasteiger partial charge >= 0.3 is 11.5 Å². The van der Waals surface area contributed by atoms with Crippen LogP contribution in [0.3, 0.4) is 0 Å². The summed E-state index contributed by atoms with van der Waals surface area (Å²) in [5.74, 6) is 3.75. The summed E-state index contributed by atoms with van der Waals surface area (Å²) in [6.45, 7) is 0.817. The monoisotopic (exact) mass is 1100 g/mol. The van der Waals surface area contributed by atoms with Gasteiger partial charge < -0.3 is 4.42 Å². The molecule has 84 heavy (non-hydrogen) atoms. The number of imidazole rings is 5. The standard InChI is InChI=1S/C21H15N4.2C15H12N5.C15H10N3O/c1-2-8-16(9-3-1)25-18-13-17-10-4-5-12-23(17)20(18)24-14-15-7-6-11-22-19(15)21(24)25;2*1-18-13-15(19-8-3-2-6-11(19)17-13)20-9-10-5-4-7-16-12(10)14(18)20;1-2-7-17-11(5-1)8-12-14(17)18-9-10-4-3-6-16-13(10)15(18)19-12/h1-13H,14H2;2*2-8H,9H2,1H3;1-8H,9H2/q4*+1/i;1D3;;. The summed E-state index contributed by atoms with van der Waals surface area (Å²) in [4.78, 5) is 27.3. The average Bonchev–Trinajstić information content (AvgIpc) is 1.62. The molecule has 400 valence electrons. The van der Waals surface area contributed by atoms with Gasteiger partial charge in [-0.15, -0.1) is 0 Å². The molecule has 1 aromatic carbocycles. The molecule has 21 rings (SSSR count). The molecule has 0 N–H and O–H groups in total. The zero-order valence-electron chi connectivity index (χ0n) is 48.0. The van der Waals surface area contributed by atoms with Crippen LogP contribution in [0.5, 0.6) is 0 Å². The molecule has 0 bridgehead atoms. The second-order valence-electron chi connectivity index (χ2n) is 21.4. The Balaban J connectivity index is 0.0000000877. The van der Waals surface area contributed by atoms with E-state index in [-0.39, 0.29) is 0 Å². The number of rotatable bonds is 1. The van der Waals surface area contributed by atoms with Crippen molar-refractivity contribution in [2.75, 3.05) is 0 Å². The minimum atomic E-state index is -2.32. The van der Waals surface area contributed by atoms with Crippen LogP contribution >= 0.6 is 0 Å². The first-order valence-corrected chi connectivity index (χ1v) is 27.8. The van der Waals surface area contributed by atoms with Gasteiger partial charge in [0.25, 0.3) is 45.7 Å². The Morgan fingerprint density at radius 2 is 0.893 bits per heavy atom. The van der Waals surface area contributed by atoms with Gasteiger partial charge in [0.1, 0.15) is 40.3 Å². The van der Waals surface area contributed by atoms with E-state index in [0.717, 1.165) is 110 Å². The molecule has 18 heteroatoms. The molecule has 0 radical (unpaired) electrons. The predicted octanol–water partition coefficient (Wildman–Crippen LogP) is 9.07.